The molecule has 0 saturated carbocycles. The Morgan fingerprint density at radius 1 is 1.30 bits per heavy atom. The average Bonchev–Trinajstić information content (AvgIpc) is 2.44. The van der Waals surface area contributed by atoms with E-state index in [0.717, 1.165) is 0 Å². The van der Waals surface area contributed by atoms with Gasteiger partial charge in [-0.1, -0.05) is 0 Å². The van der Waals surface area contributed by atoms with Gasteiger partial charge in [-0.2, -0.15) is 5.26 Å². The van der Waals surface area contributed by atoms with Crippen molar-refractivity contribution in [3.63, 3.8) is 0 Å². The zero-order valence-corrected chi connectivity index (χ0v) is 10.5. The SMILES string of the molecule is N#C/C(=C/NCCO)C(=O)Nc1ccc(C(=O)O)cc1. The van der Waals surface area contributed by atoms with Gasteiger partial charge in [0.25, 0.3) is 5.91 Å². The van der Waals surface area contributed by atoms with Crippen LogP contribution in [0.3, 0.4) is 0 Å². The van der Waals surface area contributed by atoms with E-state index in [1.807, 2.05) is 0 Å². The van der Waals surface area contributed by atoms with E-state index >= 15 is 0 Å². The molecular weight excluding hydrogens is 262 g/mol. The molecule has 1 amide bonds. The second-order valence-electron chi connectivity index (χ2n) is 3.68. The second kappa shape index (κ2) is 7.56. The lowest BCUT2D eigenvalue weighted by molar-refractivity contribution is -0.112. The number of carboxylic acid groups (broad SMARTS) is 1. The number of aliphatic hydroxyl groups is 1. The normalized spacial score (nSPS) is 10.5. The number of amides is 1. The minimum atomic E-state index is -1.06. The van der Waals surface area contributed by atoms with Crippen molar-refractivity contribution in [2.45, 2.75) is 0 Å². The van der Waals surface area contributed by atoms with Gasteiger partial charge >= 0.3 is 5.97 Å². The number of nitrogens with one attached hydrogen (secondary N) is 2. The van der Waals surface area contributed by atoms with Crippen LogP contribution in [0.15, 0.2) is 36.0 Å². The Kier molecular flexibility index (Phi) is 5.75. The minimum Gasteiger partial charge on any atom is -0.478 e. The number of carbonyl (C=O) groups excluding carboxylic acids is 1. The molecule has 0 unspecified atom stereocenters. The third-order valence-corrected chi connectivity index (χ3v) is 2.26. The number of nitriles is 1. The molecule has 1 aromatic rings. The molecule has 1 rings (SSSR count). The molecule has 0 aliphatic carbocycles. The Morgan fingerprint density at radius 3 is 2.45 bits per heavy atom. The first-order valence-electron chi connectivity index (χ1n) is 5.67. The molecule has 0 aromatic heterocycles. The van der Waals surface area contributed by atoms with Gasteiger partial charge in [0, 0.05) is 18.4 Å². The van der Waals surface area contributed by atoms with Gasteiger partial charge in [0.15, 0.2) is 0 Å². The summed E-state index contributed by atoms with van der Waals surface area (Å²) in [6.45, 7) is 0.110. The van der Waals surface area contributed by atoms with E-state index in [1.54, 1.807) is 6.07 Å². The molecule has 0 spiro atoms. The van der Waals surface area contributed by atoms with Gasteiger partial charge in [-0.3, -0.25) is 4.79 Å². The van der Waals surface area contributed by atoms with Crippen molar-refractivity contribution in [2.24, 2.45) is 0 Å². The third kappa shape index (κ3) is 4.44. The lowest BCUT2D eigenvalue weighted by Gasteiger charge is -2.05. The van der Waals surface area contributed by atoms with Crippen LogP contribution in [0.1, 0.15) is 10.4 Å². The van der Waals surface area contributed by atoms with Crippen molar-refractivity contribution >= 4 is 17.6 Å². The molecule has 0 atom stereocenters. The number of hydrogen-bond acceptors (Lipinski definition) is 5. The van der Waals surface area contributed by atoms with Crippen molar-refractivity contribution in [3.05, 3.63) is 41.6 Å². The van der Waals surface area contributed by atoms with Crippen molar-refractivity contribution in [1.29, 1.82) is 5.26 Å². The summed E-state index contributed by atoms with van der Waals surface area (Å²) in [7, 11) is 0. The highest BCUT2D eigenvalue weighted by Gasteiger charge is 2.09. The highest BCUT2D eigenvalue weighted by molar-refractivity contribution is 6.06. The highest BCUT2D eigenvalue weighted by Crippen LogP contribution is 2.10. The van der Waals surface area contributed by atoms with Crippen molar-refractivity contribution in [3.8, 4) is 6.07 Å². The van der Waals surface area contributed by atoms with Crippen LogP contribution in [0.5, 0.6) is 0 Å². The zero-order chi connectivity index (χ0) is 15.0. The van der Waals surface area contributed by atoms with E-state index in [2.05, 4.69) is 10.6 Å². The summed E-state index contributed by atoms with van der Waals surface area (Å²) in [5.41, 5.74) is 0.327. The number of rotatable bonds is 6. The number of benzene rings is 1. The van der Waals surface area contributed by atoms with E-state index in [4.69, 9.17) is 15.5 Å². The predicted octanol–water partition coefficient (Wildman–Crippen LogP) is 0.313. The van der Waals surface area contributed by atoms with Gasteiger partial charge < -0.3 is 20.8 Å². The molecular formula is C13H13N3O4. The van der Waals surface area contributed by atoms with Crippen LogP contribution in [0.4, 0.5) is 5.69 Å². The largest absolute Gasteiger partial charge is 0.478 e. The van der Waals surface area contributed by atoms with Gasteiger partial charge in [0.05, 0.1) is 12.2 Å². The smallest absolute Gasteiger partial charge is 0.335 e. The number of aliphatic hydroxyl groups excluding tert-OH is 1. The summed E-state index contributed by atoms with van der Waals surface area (Å²) >= 11 is 0. The fraction of sp³-hybridized carbons (Fsp3) is 0.154. The molecule has 0 radical (unpaired) electrons. The van der Waals surface area contributed by atoms with E-state index < -0.39 is 11.9 Å². The lowest BCUT2D eigenvalue weighted by atomic mass is 10.2. The first-order chi connectivity index (χ1) is 9.58. The number of hydrogen-bond donors (Lipinski definition) is 4. The maximum atomic E-state index is 11.7. The van der Waals surface area contributed by atoms with Gasteiger partial charge in [0.2, 0.25) is 0 Å². The number of nitrogens with zero attached hydrogens (tertiary/aromatic N) is 1. The van der Waals surface area contributed by atoms with Gasteiger partial charge in [0.1, 0.15) is 11.6 Å². The van der Waals surface area contributed by atoms with E-state index in [1.165, 1.54) is 30.5 Å². The third-order valence-electron chi connectivity index (χ3n) is 2.26. The van der Waals surface area contributed by atoms with Gasteiger partial charge in [-0.25, -0.2) is 4.79 Å². The molecule has 0 aliphatic rings. The van der Waals surface area contributed by atoms with Crippen LogP contribution in [-0.4, -0.2) is 35.2 Å². The Bertz CT molecular complexity index is 558. The Morgan fingerprint density at radius 2 is 1.95 bits per heavy atom. The summed E-state index contributed by atoms with van der Waals surface area (Å²) < 4.78 is 0. The molecule has 4 N–H and O–H groups in total. The van der Waals surface area contributed by atoms with Gasteiger partial charge in [-0.05, 0) is 24.3 Å². The molecule has 0 bridgehead atoms. The second-order valence-corrected chi connectivity index (χ2v) is 3.68. The number of aromatic carboxylic acids is 1. The fourth-order valence-corrected chi connectivity index (χ4v) is 1.28. The summed E-state index contributed by atoms with van der Waals surface area (Å²) in [6, 6.07) is 7.27. The average molecular weight is 275 g/mol. The zero-order valence-electron chi connectivity index (χ0n) is 10.5. The standard InChI is InChI=1S/C13H13N3O4/c14-7-10(8-15-5-6-17)12(18)16-11-3-1-9(2-4-11)13(19)20/h1-4,8,15,17H,5-6H2,(H,16,18)(H,19,20)/b10-8-. The molecule has 0 heterocycles. The highest BCUT2D eigenvalue weighted by atomic mass is 16.4. The topological polar surface area (TPSA) is 122 Å². The number of carbonyl (C=O) groups is 2. The number of carboxylic acids is 1. The summed E-state index contributed by atoms with van der Waals surface area (Å²) in [4.78, 5) is 22.4. The molecule has 0 aliphatic heterocycles. The fourth-order valence-electron chi connectivity index (χ4n) is 1.28. The molecule has 1 aromatic carbocycles. The maximum Gasteiger partial charge on any atom is 0.335 e. The van der Waals surface area contributed by atoms with E-state index in [9.17, 15) is 9.59 Å². The Balaban J connectivity index is 2.71. The Hall–Kier alpha value is -2.85. The summed E-state index contributed by atoms with van der Waals surface area (Å²) in [5.74, 6) is -1.69. The van der Waals surface area contributed by atoms with Crippen LogP contribution in [0.2, 0.25) is 0 Å². The minimum absolute atomic E-state index is 0.101. The quantitative estimate of drug-likeness (QED) is 0.337. The van der Waals surface area contributed by atoms with Crippen LogP contribution in [0, 0.1) is 11.3 Å². The molecule has 7 nitrogen and oxygen atoms in total. The van der Waals surface area contributed by atoms with Crippen molar-refractivity contribution in [2.75, 3.05) is 18.5 Å². The molecule has 0 saturated heterocycles. The van der Waals surface area contributed by atoms with Crippen molar-refractivity contribution in [1.82, 2.24) is 5.32 Å². The number of anilines is 1. The maximum absolute atomic E-state index is 11.7. The monoisotopic (exact) mass is 275 g/mol. The molecule has 7 heteroatoms. The van der Waals surface area contributed by atoms with E-state index in [-0.39, 0.29) is 24.3 Å². The first-order valence-corrected chi connectivity index (χ1v) is 5.67. The lowest BCUT2D eigenvalue weighted by Crippen LogP contribution is -2.18. The molecule has 104 valence electrons. The van der Waals surface area contributed by atoms with Crippen molar-refractivity contribution < 1.29 is 19.8 Å². The molecule has 20 heavy (non-hydrogen) atoms. The first kappa shape index (κ1) is 15.2. The van der Waals surface area contributed by atoms with Gasteiger partial charge in [-0.15, -0.1) is 0 Å². The summed E-state index contributed by atoms with van der Waals surface area (Å²) in [5, 5.41) is 31.2. The van der Waals surface area contributed by atoms with Crippen LogP contribution in [0.25, 0.3) is 0 Å². The van der Waals surface area contributed by atoms with Crippen LogP contribution >= 0.6 is 0 Å². The summed E-state index contributed by atoms with van der Waals surface area (Å²) in [6.07, 6.45) is 1.21. The Labute approximate surface area is 115 Å². The van der Waals surface area contributed by atoms with E-state index in [0.29, 0.717) is 5.69 Å². The van der Waals surface area contributed by atoms with Crippen LogP contribution < -0.4 is 10.6 Å². The molecule has 0 fully saturated rings. The van der Waals surface area contributed by atoms with Crippen LogP contribution in [-0.2, 0) is 4.79 Å². The predicted molar refractivity (Wildman–Crippen MR) is 70.8 cm³/mol.